The molecule has 0 amide bonds. The molecule has 0 aliphatic carbocycles. The van der Waals surface area contributed by atoms with Crippen molar-refractivity contribution in [1.82, 2.24) is 5.32 Å². The van der Waals surface area contributed by atoms with Crippen LogP contribution in [0.4, 0.5) is 0 Å². The summed E-state index contributed by atoms with van der Waals surface area (Å²) in [6.45, 7) is 5.08. The highest BCUT2D eigenvalue weighted by Gasteiger charge is 2.05. The summed E-state index contributed by atoms with van der Waals surface area (Å²) < 4.78 is 6.15. The molecule has 0 aliphatic heterocycles. The molecule has 0 radical (unpaired) electrons. The first-order valence-electron chi connectivity index (χ1n) is 5.72. The van der Waals surface area contributed by atoms with E-state index >= 15 is 0 Å². The number of hydrogen-bond acceptors (Lipinski definition) is 3. The molecule has 0 heterocycles. The maximum Gasteiger partial charge on any atom is 0.307 e. The molecular formula is C13H18BrNO2. The fraction of sp³-hybridized carbons (Fsp3) is 0.462. The van der Waals surface area contributed by atoms with Gasteiger partial charge in [0.25, 0.3) is 0 Å². The van der Waals surface area contributed by atoms with Crippen LogP contribution in [0.5, 0.6) is 0 Å². The molecule has 1 aromatic rings. The van der Waals surface area contributed by atoms with Gasteiger partial charge in [0.1, 0.15) is 6.61 Å². The van der Waals surface area contributed by atoms with Crippen molar-refractivity contribution in [2.75, 3.05) is 6.54 Å². The largest absolute Gasteiger partial charge is 0.461 e. The zero-order valence-electron chi connectivity index (χ0n) is 10.2. The van der Waals surface area contributed by atoms with E-state index in [1.807, 2.05) is 38.1 Å². The van der Waals surface area contributed by atoms with E-state index in [1.54, 1.807) is 0 Å². The third-order valence-electron chi connectivity index (χ3n) is 2.23. The van der Waals surface area contributed by atoms with E-state index in [4.69, 9.17) is 4.74 Å². The number of hydrogen-bond donors (Lipinski definition) is 1. The van der Waals surface area contributed by atoms with E-state index in [0.717, 1.165) is 10.0 Å². The molecule has 4 heteroatoms. The summed E-state index contributed by atoms with van der Waals surface area (Å²) in [5.74, 6) is -0.172. The third kappa shape index (κ3) is 5.84. The first-order valence-corrected chi connectivity index (χ1v) is 6.51. The van der Waals surface area contributed by atoms with Gasteiger partial charge in [-0.3, -0.25) is 4.79 Å². The summed E-state index contributed by atoms with van der Waals surface area (Å²) in [5.41, 5.74) is 0.984. The SMILES string of the molecule is CC(C)NCCC(=O)OCc1ccccc1Br. The summed E-state index contributed by atoms with van der Waals surface area (Å²) in [6, 6.07) is 8.12. The second-order valence-corrected chi connectivity index (χ2v) is 4.97. The molecule has 0 aromatic heterocycles. The Labute approximate surface area is 111 Å². The molecule has 0 saturated heterocycles. The normalized spacial score (nSPS) is 10.6. The molecular weight excluding hydrogens is 282 g/mol. The number of rotatable bonds is 6. The summed E-state index contributed by atoms with van der Waals surface area (Å²) in [4.78, 5) is 11.4. The minimum absolute atomic E-state index is 0.172. The van der Waals surface area contributed by atoms with E-state index < -0.39 is 0 Å². The number of esters is 1. The predicted octanol–water partition coefficient (Wildman–Crippen LogP) is 2.88. The van der Waals surface area contributed by atoms with Gasteiger partial charge in [-0.25, -0.2) is 0 Å². The predicted molar refractivity (Wildman–Crippen MR) is 71.7 cm³/mol. The van der Waals surface area contributed by atoms with Crippen molar-refractivity contribution in [2.24, 2.45) is 0 Å². The molecule has 17 heavy (non-hydrogen) atoms. The zero-order valence-corrected chi connectivity index (χ0v) is 11.8. The minimum atomic E-state index is -0.172. The highest BCUT2D eigenvalue weighted by atomic mass is 79.9. The Morgan fingerprint density at radius 3 is 2.76 bits per heavy atom. The molecule has 0 aliphatic rings. The second-order valence-electron chi connectivity index (χ2n) is 4.11. The van der Waals surface area contributed by atoms with Crippen molar-refractivity contribution in [1.29, 1.82) is 0 Å². The molecule has 0 saturated carbocycles. The van der Waals surface area contributed by atoms with Gasteiger partial charge in [-0.2, -0.15) is 0 Å². The maximum absolute atomic E-state index is 11.4. The standard InChI is InChI=1S/C13H18BrNO2/c1-10(2)15-8-7-13(16)17-9-11-5-3-4-6-12(11)14/h3-6,10,15H,7-9H2,1-2H3. The van der Waals surface area contributed by atoms with Gasteiger partial charge in [-0.15, -0.1) is 0 Å². The number of carbonyl (C=O) groups excluding carboxylic acids is 1. The molecule has 1 rings (SSSR count). The topological polar surface area (TPSA) is 38.3 Å². The molecule has 3 nitrogen and oxygen atoms in total. The summed E-state index contributed by atoms with van der Waals surface area (Å²) in [6.07, 6.45) is 0.405. The maximum atomic E-state index is 11.4. The Balaban J connectivity index is 2.26. The molecule has 0 atom stereocenters. The number of benzene rings is 1. The Kier molecular flexibility index (Phi) is 6.22. The smallest absolute Gasteiger partial charge is 0.307 e. The molecule has 94 valence electrons. The van der Waals surface area contributed by atoms with Crippen LogP contribution < -0.4 is 5.32 Å². The van der Waals surface area contributed by atoms with E-state index in [9.17, 15) is 4.79 Å². The number of halogens is 1. The first-order chi connectivity index (χ1) is 8.09. The van der Waals surface area contributed by atoms with Crippen LogP contribution in [0.2, 0.25) is 0 Å². The highest BCUT2D eigenvalue weighted by molar-refractivity contribution is 9.10. The van der Waals surface area contributed by atoms with Gasteiger partial charge >= 0.3 is 5.97 Å². The van der Waals surface area contributed by atoms with E-state index in [1.165, 1.54) is 0 Å². The van der Waals surface area contributed by atoms with Gasteiger partial charge in [0.05, 0.1) is 6.42 Å². The fourth-order valence-electron chi connectivity index (χ4n) is 1.31. The van der Waals surface area contributed by atoms with Crippen LogP contribution in [0.25, 0.3) is 0 Å². The number of ether oxygens (including phenoxy) is 1. The van der Waals surface area contributed by atoms with Gasteiger partial charge in [-0.05, 0) is 6.07 Å². The number of nitrogens with one attached hydrogen (secondary N) is 1. The molecule has 0 fully saturated rings. The van der Waals surface area contributed by atoms with Gasteiger partial charge in [0.15, 0.2) is 0 Å². The van der Waals surface area contributed by atoms with Gasteiger partial charge < -0.3 is 10.1 Å². The monoisotopic (exact) mass is 299 g/mol. The van der Waals surface area contributed by atoms with Crippen LogP contribution in [0, 0.1) is 0 Å². The first kappa shape index (κ1) is 14.2. The van der Waals surface area contributed by atoms with E-state index in [0.29, 0.717) is 25.6 Å². The second kappa shape index (κ2) is 7.45. The minimum Gasteiger partial charge on any atom is -0.461 e. The van der Waals surface area contributed by atoms with Crippen LogP contribution in [-0.2, 0) is 16.1 Å². The van der Waals surface area contributed by atoms with Crippen molar-refractivity contribution in [3.8, 4) is 0 Å². The van der Waals surface area contributed by atoms with E-state index in [2.05, 4.69) is 21.2 Å². The van der Waals surface area contributed by atoms with Crippen LogP contribution in [-0.4, -0.2) is 18.6 Å². The van der Waals surface area contributed by atoms with Gasteiger partial charge in [0.2, 0.25) is 0 Å². The Hall–Kier alpha value is -0.870. The Morgan fingerprint density at radius 1 is 1.41 bits per heavy atom. The summed E-state index contributed by atoms with van der Waals surface area (Å²) in [7, 11) is 0. The van der Waals surface area contributed by atoms with Crippen molar-refractivity contribution in [3.05, 3.63) is 34.3 Å². The Morgan fingerprint density at radius 2 is 2.12 bits per heavy atom. The molecule has 1 N–H and O–H groups in total. The lowest BCUT2D eigenvalue weighted by molar-refractivity contribution is -0.144. The average Bonchev–Trinajstić information content (AvgIpc) is 2.27. The van der Waals surface area contributed by atoms with Crippen LogP contribution in [0.3, 0.4) is 0 Å². The van der Waals surface area contributed by atoms with Crippen LogP contribution >= 0.6 is 15.9 Å². The lowest BCUT2D eigenvalue weighted by atomic mass is 10.2. The fourth-order valence-corrected chi connectivity index (χ4v) is 1.71. The van der Waals surface area contributed by atoms with Gasteiger partial charge in [0, 0.05) is 22.6 Å². The third-order valence-corrected chi connectivity index (χ3v) is 3.00. The van der Waals surface area contributed by atoms with Gasteiger partial charge in [-0.1, -0.05) is 48.0 Å². The average molecular weight is 300 g/mol. The Bertz CT molecular complexity index is 366. The van der Waals surface area contributed by atoms with Crippen molar-refractivity contribution < 1.29 is 9.53 Å². The van der Waals surface area contributed by atoms with Crippen molar-refractivity contribution in [3.63, 3.8) is 0 Å². The van der Waals surface area contributed by atoms with Crippen molar-refractivity contribution >= 4 is 21.9 Å². The number of carbonyl (C=O) groups is 1. The summed E-state index contributed by atoms with van der Waals surface area (Å²) >= 11 is 3.41. The lowest BCUT2D eigenvalue weighted by Crippen LogP contribution is -2.25. The zero-order chi connectivity index (χ0) is 12.7. The molecule has 0 unspecified atom stereocenters. The van der Waals surface area contributed by atoms with Crippen molar-refractivity contribution in [2.45, 2.75) is 32.9 Å². The molecule has 0 spiro atoms. The van der Waals surface area contributed by atoms with Crippen LogP contribution in [0.15, 0.2) is 28.7 Å². The lowest BCUT2D eigenvalue weighted by Gasteiger charge is -2.08. The molecule has 1 aromatic carbocycles. The van der Waals surface area contributed by atoms with Crippen LogP contribution in [0.1, 0.15) is 25.8 Å². The molecule has 0 bridgehead atoms. The van der Waals surface area contributed by atoms with E-state index in [-0.39, 0.29) is 5.97 Å². The quantitative estimate of drug-likeness (QED) is 0.821. The highest BCUT2D eigenvalue weighted by Crippen LogP contribution is 2.16. The summed E-state index contributed by atoms with van der Waals surface area (Å²) in [5, 5.41) is 3.18.